The average molecular weight is 349 g/mol. The van der Waals surface area contributed by atoms with Gasteiger partial charge in [0.05, 0.1) is 7.11 Å². The summed E-state index contributed by atoms with van der Waals surface area (Å²) in [6.07, 6.45) is 0.976. The Morgan fingerprint density at radius 1 is 1.20 bits per heavy atom. The molecule has 0 saturated heterocycles. The molecule has 2 atom stereocenters. The van der Waals surface area contributed by atoms with Crippen molar-refractivity contribution in [2.24, 2.45) is 0 Å². The highest BCUT2D eigenvalue weighted by molar-refractivity contribution is 5.83. The summed E-state index contributed by atoms with van der Waals surface area (Å²) in [6.45, 7) is 10.4. The van der Waals surface area contributed by atoms with Gasteiger partial charge in [-0.2, -0.15) is 0 Å². The van der Waals surface area contributed by atoms with E-state index in [1.54, 1.807) is 58.2 Å². The first-order valence-corrected chi connectivity index (χ1v) is 8.11. The number of benzene rings is 1. The summed E-state index contributed by atoms with van der Waals surface area (Å²) < 4.78 is 15.6. The van der Waals surface area contributed by atoms with Crippen molar-refractivity contribution in [3.8, 4) is 5.75 Å². The molecule has 0 radical (unpaired) electrons. The van der Waals surface area contributed by atoms with Crippen molar-refractivity contribution in [1.29, 1.82) is 0 Å². The lowest BCUT2D eigenvalue weighted by atomic mass is 10.2. The second kappa shape index (κ2) is 9.11. The Labute approximate surface area is 149 Å². The van der Waals surface area contributed by atoms with Gasteiger partial charge in [-0.1, -0.05) is 6.08 Å². The van der Waals surface area contributed by atoms with E-state index in [-0.39, 0.29) is 0 Å². The number of nitrogens with one attached hydrogen (secondary N) is 1. The van der Waals surface area contributed by atoms with Crippen molar-refractivity contribution < 1.29 is 23.8 Å². The van der Waals surface area contributed by atoms with Gasteiger partial charge >= 0.3 is 11.9 Å². The van der Waals surface area contributed by atoms with Gasteiger partial charge in [-0.05, 0) is 58.4 Å². The Morgan fingerprint density at radius 3 is 2.28 bits per heavy atom. The van der Waals surface area contributed by atoms with E-state index in [2.05, 4.69) is 11.9 Å². The van der Waals surface area contributed by atoms with Crippen LogP contribution in [0.1, 0.15) is 34.1 Å². The predicted molar refractivity (Wildman–Crippen MR) is 96.6 cm³/mol. The maximum absolute atomic E-state index is 12.4. The van der Waals surface area contributed by atoms with Crippen LogP contribution in [0.3, 0.4) is 0 Å². The van der Waals surface area contributed by atoms with E-state index in [1.807, 2.05) is 0 Å². The Kier molecular flexibility index (Phi) is 7.48. The molecule has 0 aliphatic heterocycles. The first kappa shape index (κ1) is 20.5. The van der Waals surface area contributed by atoms with Crippen LogP contribution in [0.4, 0.5) is 5.69 Å². The molecule has 6 nitrogen and oxygen atoms in total. The van der Waals surface area contributed by atoms with Gasteiger partial charge in [0.15, 0.2) is 6.10 Å². The lowest BCUT2D eigenvalue weighted by Gasteiger charge is -2.24. The molecule has 0 aliphatic carbocycles. The fourth-order valence-corrected chi connectivity index (χ4v) is 1.96. The first-order chi connectivity index (χ1) is 11.7. The van der Waals surface area contributed by atoms with Crippen LogP contribution in [0, 0.1) is 0 Å². The van der Waals surface area contributed by atoms with E-state index < -0.39 is 29.7 Å². The maximum Gasteiger partial charge on any atom is 0.347 e. The number of hydrogen-bond donors (Lipinski definition) is 1. The molecule has 0 bridgehead atoms. The lowest BCUT2D eigenvalue weighted by Crippen LogP contribution is -2.38. The molecule has 0 saturated carbocycles. The standard InChI is InChI=1S/C19H27NO5/c1-7-8-16(20-14-9-11-15(23-6)12-10-14)18(22)24-13(2)17(21)25-19(3,4)5/h7,9-13,16,20H,1,8H2,2-6H3/t13-,16-/m1/s1. The minimum Gasteiger partial charge on any atom is -0.497 e. The molecule has 0 amide bonds. The van der Waals surface area contributed by atoms with Crippen molar-refractivity contribution in [3.05, 3.63) is 36.9 Å². The van der Waals surface area contributed by atoms with Crippen LogP contribution >= 0.6 is 0 Å². The number of carbonyl (C=O) groups is 2. The highest BCUT2D eigenvalue weighted by Gasteiger charge is 2.27. The number of methoxy groups -OCH3 is 1. The maximum atomic E-state index is 12.4. The first-order valence-electron chi connectivity index (χ1n) is 8.11. The van der Waals surface area contributed by atoms with Crippen molar-refractivity contribution in [1.82, 2.24) is 0 Å². The number of rotatable bonds is 8. The van der Waals surface area contributed by atoms with Gasteiger partial charge in [0.25, 0.3) is 0 Å². The topological polar surface area (TPSA) is 73.9 Å². The zero-order chi connectivity index (χ0) is 19.0. The van der Waals surface area contributed by atoms with E-state index in [0.717, 1.165) is 5.69 Å². The van der Waals surface area contributed by atoms with Gasteiger partial charge in [-0.3, -0.25) is 0 Å². The van der Waals surface area contributed by atoms with Crippen LogP contribution in [-0.4, -0.2) is 36.8 Å². The third kappa shape index (κ3) is 7.28. The third-order valence-electron chi connectivity index (χ3n) is 3.15. The van der Waals surface area contributed by atoms with E-state index in [4.69, 9.17) is 14.2 Å². The molecule has 6 heteroatoms. The monoisotopic (exact) mass is 349 g/mol. The lowest BCUT2D eigenvalue weighted by molar-refractivity contribution is -0.174. The highest BCUT2D eigenvalue weighted by atomic mass is 16.6. The summed E-state index contributed by atoms with van der Waals surface area (Å²) in [7, 11) is 1.58. The van der Waals surface area contributed by atoms with Crippen molar-refractivity contribution in [2.45, 2.75) is 51.9 Å². The number of hydrogen-bond acceptors (Lipinski definition) is 6. The number of ether oxygens (including phenoxy) is 3. The van der Waals surface area contributed by atoms with Gasteiger partial charge in [0.2, 0.25) is 0 Å². The van der Waals surface area contributed by atoms with Gasteiger partial charge < -0.3 is 19.5 Å². The predicted octanol–water partition coefficient (Wildman–Crippen LogP) is 3.33. The zero-order valence-electron chi connectivity index (χ0n) is 15.5. The van der Waals surface area contributed by atoms with E-state index >= 15 is 0 Å². The summed E-state index contributed by atoms with van der Waals surface area (Å²) in [5.41, 5.74) is 0.0918. The molecule has 0 aliphatic rings. The minimum absolute atomic E-state index is 0.353. The summed E-state index contributed by atoms with van der Waals surface area (Å²) in [6, 6.07) is 6.49. The van der Waals surface area contributed by atoms with Crippen LogP contribution < -0.4 is 10.1 Å². The van der Waals surface area contributed by atoms with Gasteiger partial charge in [-0.15, -0.1) is 6.58 Å². The highest BCUT2D eigenvalue weighted by Crippen LogP contribution is 2.17. The van der Waals surface area contributed by atoms with Gasteiger partial charge in [0.1, 0.15) is 17.4 Å². The normalized spacial score (nSPS) is 13.3. The van der Waals surface area contributed by atoms with Crippen molar-refractivity contribution >= 4 is 17.6 Å². The van der Waals surface area contributed by atoms with Gasteiger partial charge in [0, 0.05) is 5.69 Å². The number of esters is 2. The van der Waals surface area contributed by atoms with Crippen LogP contribution in [0.25, 0.3) is 0 Å². The van der Waals surface area contributed by atoms with Crippen molar-refractivity contribution in [2.75, 3.05) is 12.4 Å². The van der Waals surface area contributed by atoms with Crippen LogP contribution in [0.5, 0.6) is 5.75 Å². The molecule has 1 rings (SSSR count). The number of carbonyl (C=O) groups excluding carboxylic acids is 2. The molecule has 0 heterocycles. The zero-order valence-corrected chi connectivity index (χ0v) is 15.5. The van der Waals surface area contributed by atoms with Gasteiger partial charge in [-0.25, -0.2) is 9.59 Å². The quantitative estimate of drug-likeness (QED) is 0.573. The molecule has 0 spiro atoms. The largest absolute Gasteiger partial charge is 0.497 e. The summed E-state index contributed by atoms with van der Waals surface area (Å²) in [5.74, 6) is -0.413. The second-order valence-electron chi connectivity index (χ2n) is 6.56. The Hall–Kier alpha value is -2.50. The Bertz CT molecular complexity index is 589. The molecular weight excluding hydrogens is 322 g/mol. The van der Waals surface area contributed by atoms with Crippen LogP contribution in [-0.2, 0) is 19.1 Å². The molecule has 0 aromatic heterocycles. The van der Waals surface area contributed by atoms with Crippen LogP contribution in [0.15, 0.2) is 36.9 Å². The molecular formula is C19H27NO5. The Morgan fingerprint density at radius 2 is 1.80 bits per heavy atom. The molecule has 25 heavy (non-hydrogen) atoms. The molecule has 138 valence electrons. The smallest absolute Gasteiger partial charge is 0.347 e. The van der Waals surface area contributed by atoms with Crippen molar-refractivity contribution in [3.63, 3.8) is 0 Å². The molecule has 0 fully saturated rings. The summed E-state index contributed by atoms with van der Waals surface area (Å²) in [4.78, 5) is 24.3. The SMILES string of the molecule is C=CC[C@@H](Nc1ccc(OC)cc1)C(=O)O[C@H](C)C(=O)OC(C)(C)C. The van der Waals surface area contributed by atoms with Crippen LogP contribution in [0.2, 0.25) is 0 Å². The summed E-state index contributed by atoms with van der Waals surface area (Å²) >= 11 is 0. The Balaban J connectivity index is 2.71. The fraction of sp³-hybridized carbons (Fsp3) is 0.474. The average Bonchev–Trinajstić information content (AvgIpc) is 2.53. The number of anilines is 1. The van der Waals surface area contributed by atoms with E-state index in [1.165, 1.54) is 6.92 Å². The molecule has 1 aromatic rings. The third-order valence-corrected chi connectivity index (χ3v) is 3.15. The second-order valence-corrected chi connectivity index (χ2v) is 6.56. The fourth-order valence-electron chi connectivity index (χ4n) is 1.96. The molecule has 1 aromatic carbocycles. The minimum atomic E-state index is -0.989. The van der Waals surface area contributed by atoms with E-state index in [0.29, 0.717) is 12.2 Å². The molecule has 1 N–H and O–H groups in total. The van der Waals surface area contributed by atoms with E-state index in [9.17, 15) is 9.59 Å². The molecule has 0 unspecified atom stereocenters. The summed E-state index contributed by atoms with van der Waals surface area (Å²) in [5, 5.41) is 3.07.